The van der Waals surface area contributed by atoms with E-state index >= 15 is 0 Å². The molecule has 0 fully saturated rings. The lowest BCUT2D eigenvalue weighted by molar-refractivity contribution is -0.137. The number of hydrazine groups is 1. The fraction of sp³-hybridized carbons (Fsp3) is 0.571. The predicted molar refractivity (Wildman–Crippen MR) is 70.2 cm³/mol. The molecule has 1 aromatic carbocycles. The third kappa shape index (κ3) is 3.70. The molecule has 0 amide bonds. The molecule has 3 N–H and O–H groups in total. The molecular formula is C14H21F3N2. The first-order valence-electron chi connectivity index (χ1n) is 6.32. The van der Waals surface area contributed by atoms with Crippen LogP contribution in [0.15, 0.2) is 18.2 Å². The standard InChI is InChI=1S/C14H21F3N2/c1-8(2)10(4)13(19-18)12-6-5-11(7-9(12)3)14(15,16)17/h5-8,10,13,19H,18H2,1-4H3. The van der Waals surface area contributed by atoms with Crippen molar-refractivity contribution in [1.29, 1.82) is 0 Å². The Bertz CT molecular complexity index is 427. The van der Waals surface area contributed by atoms with Crippen molar-refractivity contribution in [3.8, 4) is 0 Å². The highest BCUT2D eigenvalue weighted by Gasteiger charge is 2.31. The summed E-state index contributed by atoms with van der Waals surface area (Å²) in [5.74, 6) is 6.16. The Kier molecular flexibility index (Phi) is 4.98. The number of nitrogens with one attached hydrogen (secondary N) is 1. The fourth-order valence-corrected chi connectivity index (χ4v) is 2.11. The molecule has 19 heavy (non-hydrogen) atoms. The van der Waals surface area contributed by atoms with Crippen LogP contribution in [-0.4, -0.2) is 0 Å². The molecule has 0 spiro atoms. The second-order valence-corrected chi connectivity index (χ2v) is 5.32. The van der Waals surface area contributed by atoms with E-state index in [1.165, 1.54) is 12.1 Å². The van der Waals surface area contributed by atoms with Crippen LogP contribution in [0.5, 0.6) is 0 Å². The van der Waals surface area contributed by atoms with Crippen LogP contribution in [0.2, 0.25) is 0 Å². The normalized spacial score (nSPS) is 15.6. The van der Waals surface area contributed by atoms with E-state index in [2.05, 4.69) is 19.3 Å². The third-order valence-corrected chi connectivity index (χ3v) is 3.69. The molecule has 1 rings (SSSR count). The molecule has 0 saturated heterocycles. The Morgan fingerprint density at radius 1 is 1.16 bits per heavy atom. The van der Waals surface area contributed by atoms with Gasteiger partial charge < -0.3 is 0 Å². The van der Waals surface area contributed by atoms with Crippen LogP contribution in [0.1, 0.15) is 43.5 Å². The summed E-state index contributed by atoms with van der Waals surface area (Å²) >= 11 is 0. The Labute approximate surface area is 112 Å². The summed E-state index contributed by atoms with van der Waals surface area (Å²) in [6.45, 7) is 7.84. The van der Waals surface area contributed by atoms with Gasteiger partial charge in [0.25, 0.3) is 0 Å². The SMILES string of the molecule is Cc1cc(C(F)(F)F)ccc1C(NN)C(C)C(C)C. The molecule has 1 aromatic rings. The van der Waals surface area contributed by atoms with Crippen LogP contribution in [0.3, 0.4) is 0 Å². The van der Waals surface area contributed by atoms with Crippen molar-refractivity contribution >= 4 is 0 Å². The number of hydrogen-bond acceptors (Lipinski definition) is 2. The second-order valence-electron chi connectivity index (χ2n) is 5.32. The summed E-state index contributed by atoms with van der Waals surface area (Å²) in [7, 11) is 0. The average molecular weight is 274 g/mol. The Balaban J connectivity index is 3.14. The number of nitrogens with two attached hydrogens (primary N) is 1. The lowest BCUT2D eigenvalue weighted by Gasteiger charge is -2.28. The first-order valence-corrected chi connectivity index (χ1v) is 6.32. The van der Waals surface area contributed by atoms with Gasteiger partial charge in [0, 0.05) is 6.04 Å². The van der Waals surface area contributed by atoms with Gasteiger partial charge in [-0.1, -0.05) is 26.8 Å². The van der Waals surface area contributed by atoms with Gasteiger partial charge in [-0.25, -0.2) is 0 Å². The third-order valence-electron chi connectivity index (χ3n) is 3.69. The minimum atomic E-state index is -4.31. The van der Waals surface area contributed by atoms with E-state index in [1.54, 1.807) is 6.92 Å². The van der Waals surface area contributed by atoms with Gasteiger partial charge >= 0.3 is 6.18 Å². The van der Waals surface area contributed by atoms with Gasteiger partial charge in [-0.15, -0.1) is 0 Å². The number of rotatable bonds is 4. The summed E-state index contributed by atoms with van der Waals surface area (Å²) in [6.07, 6.45) is -4.31. The number of halogens is 3. The van der Waals surface area contributed by atoms with Crippen LogP contribution in [0.25, 0.3) is 0 Å². The summed E-state index contributed by atoms with van der Waals surface area (Å²) in [5.41, 5.74) is 3.51. The zero-order chi connectivity index (χ0) is 14.8. The molecule has 0 aliphatic rings. The van der Waals surface area contributed by atoms with Crippen molar-refractivity contribution in [1.82, 2.24) is 5.43 Å². The van der Waals surface area contributed by atoms with Crippen molar-refractivity contribution in [3.63, 3.8) is 0 Å². The predicted octanol–water partition coefficient (Wildman–Crippen LogP) is 3.81. The van der Waals surface area contributed by atoms with Gasteiger partial charge in [-0.3, -0.25) is 11.3 Å². The lowest BCUT2D eigenvalue weighted by atomic mass is 9.84. The van der Waals surface area contributed by atoms with E-state index in [0.717, 1.165) is 11.6 Å². The Morgan fingerprint density at radius 2 is 1.74 bits per heavy atom. The molecule has 5 heteroatoms. The molecule has 0 radical (unpaired) electrons. The van der Waals surface area contributed by atoms with Gasteiger partial charge in [0.15, 0.2) is 0 Å². The smallest absolute Gasteiger partial charge is 0.271 e. The maximum atomic E-state index is 12.6. The highest BCUT2D eigenvalue weighted by Crippen LogP contribution is 2.34. The molecule has 0 bridgehead atoms. The van der Waals surface area contributed by atoms with Crippen LogP contribution in [0, 0.1) is 18.8 Å². The highest BCUT2D eigenvalue weighted by atomic mass is 19.4. The first kappa shape index (κ1) is 16.0. The molecule has 0 aliphatic heterocycles. The quantitative estimate of drug-likeness (QED) is 0.647. The van der Waals surface area contributed by atoms with Crippen molar-refractivity contribution in [2.24, 2.45) is 17.7 Å². The first-order chi connectivity index (χ1) is 8.68. The monoisotopic (exact) mass is 274 g/mol. The summed E-state index contributed by atoms with van der Waals surface area (Å²) in [5, 5.41) is 0. The average Bonchev–Trinajstić information content (AvgIpc) is 2.30. The maximum absolute atomic E-state index is 12.6. The zero-order valence-electron chi connectivity index (χ0n) is 11.7. The molecule has 2 unspecified atom stereocenters. The van der Waals surface area contributed by atoms with Gasteiger partial charge in [-0.05, 0) is 42.0 Å². The Hall–Kier alpha value is -1.07. The minimum Gasteiger partial charge on any atom is -0.271 e. The summed E-state index contributed by atoms with van der Waals surface area (Å²) < 4.78 is 37.9. The van der Waals surface area contributed by atoms with E-state index in [4.69, 9.17) is 5.84 Å². The van der Waals surface area contributed by atoms with Crippen LogP contribution in [0.4, 0.5) is 13.2 Å². The van der Waals surface area contributed by atoms with Gasteiger partial charge in [0.2, 0.25) is 0 Å². The van der Waals surface area contributed by atoms with Gasteiger partial charge in [-0.2, -0.15) is 13.2 Å². The topological polar surface area (TPSA) is 38.0 Å². The van der Waals surface area contributed by atoms with Crippen molar-refractivity contribution in [2.75, 3.05) is 0 Å². The van der Waals surface area contributed by atoms with E-state index in [1.807, 2.05) is 6.92 Å². The zero-order valence-corrected chi connectivity index (χ0v) is 11.7. The van der Waals surface area contributed by atoms with E-state index in [9.17, 15) is 13.2 Å². The largest absolute Gasteiger partial charge is 0.416 e. The van der Waals surface area contributed by atoms with Crippen LogP contribution >= 0.6 is 0 Å². The summed E-state index contributed by atoms with van der Waals surface area (Å²) in [4.78, 5) is 0. The Morgan fingerprint density at radius 3 is 2.11 bits per heavy atom. The minimum absolute atomic E-state index is 0.151. The van der Waals surface area contributed by atoms with Crippen molar-refractivity contribution in [2.45, 2.75) is 39.9 Å². The van der Waals surface area contributed by atoms with E-state index < -0.39 is 11.7 Å². The number of alkyl halides is 3. The van der Waals surface area contributed by atoms with Crippen LogP contribution in [-0.2, 0) is 6.18 Å². The molecule has 2 atom stereocenters. The summed E-state index contributed by atoms with van der Waals surface area (Å²) in [6, 6.07) is 3.65. The molecule has 108 valence electrons. The molecule has 0 aliphatic carbocycles. The molecular weight excluding hydrogens is 253 g/mol. The van der Waals surface area contributed by atoms with Gasteiger partial charge in [0.05, 0.1) is 5.56 Å². The molecule has 2 nitrogen and oxygen atoms in total. The number of benzene rings is 1. The van der Waals surface area contributed by atoms with E-state index in [0.29, 0.717) is 11.5 Å². The number of aryl methyl sites for hydroxylation is 1. The number of hydrogen-bond donors (Lipinski definition) is 2. The highest BCUT2D eigenvalue weighted by molar-refractivity contribution is 5.35. The van der Waals surface area contributed by atoms with Gasteiger partial charge in [0.1, 0.15) is 0 Å². The van der Waals surface area contributed by atoms with Crippen molar-refractivity contribution in [3.05, 3.63) is 34.9 Å². The van der Waals surface area contributed by atoms with Crippen molar-refractivity contribution < 1.29 is 13.2 Å². The second kappa shape index (κ2) is 5.92. The van der Waals surface area contributed by atoms with E-state index in [-0.39, 0.29) is 12.0 Å². The maximum Gasteiger partial charge on any atom is 0.416 e. The fourth-order valence-electron chi connectivity index (χ4n) is 2.11. The van der Waals surface area contributed by atoms with Crippen LogP contribution < -0.4 is 11.3 Å². The molecule has 0 saturated carbocycles. The molecule has 0 aromatic heterocycles. The molecule has 0 heterocycles. The lowest BCUT2D eigenvalue weighted by Crippen LogP contribution is -2.35.